The van der Waals surface area contributed by atoms with Crippen molar-refractivity contribution in [3.05, 3.63) is 41.5 Å². The maximum absolute atomic E-state index is 12.6. The molecule has 26 heavy (non-hydrogen) atoms. The van der Waals surface area contributed by atoms with Crippen molar-refractivity contribution in [2.45, 2.75) is 13.8 Å². The number of rotatable bonds is 6. The minimum absolute atomic E-state index is 0.00693. The van der Waals surface area contributed by atoms with Gasteiger partial charge in [0.1, 0.15) is 16.9 Å². The minimum atomic E-state index is -0.685. The van der Waals surface area contributed by atoms with E-state index in [-0.39, 0.29) is 30.0 Å². The normalized spacial score (nSPS) is 10.3. The Hall–Kier alpha value is -3.09. The summed E-state index contributed by atoms with van der Waals surface area (Å²) in [6.45, 7) is 3.69. The second-order valence-electron chi connectivity index (χ2n) is 5.65. The first-order valence-electron chi connectivity index (χ1n) is 8.32. The molecule has 0 aliphatic rings. The number of esters is 2. The third-order valence-electron chi connectivity index (χ3n) is 3.65. The monoisotopic (exact) mass is 357 g/mol. The Balaban J connectivity index is 2.84. The molecule has 1 heterocycles. The fraction of sp³-hybridized carbons (Fsp3) is 0.316. The number of anilines is 2. The highest BCUT2D eigenvalue weighted by molar-refractivity contribution is 6.11. The molecule has 0 bridgehead atoms. The van der Waals surface area contributed by atoms with E-state index in [0.29, 0.717) is 11.5 Å². The van der Waals surface area contributed by atoms with Gasteiger partial charge in [-0.2, -0.15) is 0 Å². The third kappa shape index (κ3) is 3.77. The van der Waals surface area contributed by atoms with Crippen LogP contribution in [0.25, 0.3) is 11.3 Å². The average Bonchev–Trinajstić information content (AvgIpc) is 2.62. The van der Waals surface area contributed by atoms with E-state index >= 15 is 0 Å². The molecule has 0 fully saturated rings. The van der Waals surface area contributed by atoms with E-state index in [1.54, 1.807) is 32.8 Å². The van der Waals surface area contributed by atoms with Gasteiger partial charge in [0.05, 0.1) is 24.6 Å². The van der Waals surface area contributed by atoms with Crippen LogP contribution in [0.3, 0.4) is 0 Å². The Morgan fingerprint density at radius 1 is 1.00 bits per heavy atom. The molecule has 2 aromatic rings. The number of carbonyl (C=O) groups is 2. The summed E-state index contributed by atoms with van der Waals surface area (Å²) >= 11 is 0. The van der Waals surface area contributed by atoms with Gasteiger partial charge in [-0.1, -0.05) is 30.3 Å². The van der Waals surface area contributed by atoms with Crippen molar-refractivity contribution in [1.29, 1.82) is 0 Å². The highest BCUT2D eigenvalue weighted by Crippen LogP contribution is 2.34. The van der Waals surface area contributed by atoms with E-state index in [1.165, 1.54) is 0 Å². The number of aromatic nitrogens is 1. The molecule has 0 saturated carbocycles. The number of nitrogens with zero attached hydrogens (tertiary/aromatic N) is 2. The van der Waals surface area contributed by atoms with E-state index in [9.17, 15) is 9.59 Å². The predicted octanol–water partition coefficient (Wildman–Crippen LogP) is 2.75. The van der Waals surface area contributed by atoms with Crippen molar-refractivity contribution in [2.75, 3.05) is 37.9 Å². The number of carbonyl (C=O) groups excluding carboxylic acids is 2. The number of pyridine rings is 1. The molecule has 0 unspecified atom stereocenters. The second-order valence-corrected chi connectivity index (χ2v) is 5.65. The van der Waals surface area contributed by atoms with Crippen LogP contribution in [-0.2, 0) is 9.47 Å². The van der Waals surface area contributed by atoms with Crippen LogP contribution < -0.4 is 10.6 Å². The van der Waals surface area contributed by atoms with E-state index in [4.69, 9.17) is 15.2 Å². The largest absolute Gasteiger partial charge is 0.462 e. The van der Waals surface area contributed by atoms with Gasteiger partial charge < -0.3 is 20.1 Å². The number of hydrogen-bond donors (Lipinski definition) is 1. The van der Waals surface area contributed by atoms with E-state index in [2.05, 4.69) is 4.98 Å². The molecule has 7 nitrogen and oxygen atoms in total. The van der Waals surface area contributed by atoms with Crippen LogP contribution in [0.1, 0.15) is 34.6 Å². The Bertz CT molecular complexity index is 804. The van der Waals surface area contributed by atoms with Crippen molar-refractivity contribution in [2.24, 2.45) is 0 Å². The molecule has 0 spiro atoms. The smallest absolute Gasteiger partial charge is 0.342 e. The molecular weight excluding hydrogens is 334 g/mol. The van der Waals surface area contributed by atoms with E-state index in [1.807, 2.05) is 30.3 Å². The molecule has 0 amide bonds. The zero-order valence-electron chi connectivity index (χ0n) is 15.4. The quantitative estimate of drug-likeness (QED) is 0.794. The number of benzene rings is 1. The Morgan fingerprint density at radius 3 is 2.04 bits per heavy atom. The number of nitrogens with two attached hydrogens (primary N) is 1. The minimum Gasteiger partial charge on any atom is -0.462 e. The number of nitrogen functional groups attached to an aromatic ring is 1. The van der Waals surface area contributed by atoms with Crippen LogP contribution in [0.2, 0.25) is 0 Å². The van der Waals surface area contributed by atoms with Gasteiger partial charge in [0.25, 0.3) is 0 Å². The van der Waals surface area contributed by atoms with Gasteiger partial charge in [-0.3, -0.25) is 0 Å². The van der Waals surface area contributed by atoms with E-state index < -0.39 is 11.9 Å². The number of ether oxygens (including phenoxy) is 2. The molecule has 138 valence electrons. The van der Waals surface area contributed by atoms with Crippen molar-refractivity contribution in [3.8, 4) is 11.3 Å². The first-order chi connectivity index (χ1) is 12.4. The Kier molecular flexibility index (Phi) is 6.16. The Labute approximate surface area is 152 Å². The first-order valence-corrected chi connectivity index (χ1v) is 8.32. The summed E-state index contributed by atoms with van der Waals surface area (Å²) in [5, 5.41) is 0. The lowest BCUT2D eigenvalue weighted by Gasteiger charge is -2.21. The van der Waals surface area contributed by atoms with Crippen LogP contribution in [0.4, 0.5) is 11.5 Å². The highest BCUT2D eigenvalue weighted by atomic mass is 16.5. The van der Waals surface area contributed by atoms with Crippen molar-refractivity contribution in [1.82, 2.24) is 4.98 Å². The molecule has 0 aliphatic heterocycles. The molecule has 0 saturated heterocycles. The van der Waals surface area contributed by atoms with Gasteiger partial charge in [0, 0.05) is 19.7 Å². The molecule has 7 heteroatoms. The molecule has 1 aromatic heterocycles. The van der Waals surface area contributed by atoms with Crippen LogP contribution in [-0.4, -0.2) is 44.2 Å². The van der Waals surface area contributed by atoms with Crippen LogP contribution in [0, 0.1) is 0 Å². The second kappa shape index (κ2) is 8.33. The summed E-state index contributed by atoms with van der Waals surface area (Å²) in [6, 6.07) is 9.21. The first kappa shape index (κ1) is 19.2. The predicted molar refractivity (Wildman–Crippen MR) is 100 cm³/mol. The number of hydrogen-bond acceptors (Lipinski definition) is 7. The standard InChI is InChI=1S/C19H23N3O4/c1-5-25-18(23)13-14(19(24)26-6-2)17(22(3)4)21-16(15(13)20)12-10-8-7-9-11-12/h7-11H,5-6,20H2,1-4H3. The fourth-order valence-electron chi connectivity index (χ4n) is 2.54. The lowest BCUT2D eigenvalue weighted by molar-refractivity contribution is 0.0480. The van der Waals surface area contributed by atoms with Gasteiger partial charge in [-0.25, -0.2) is 14.6 Å². The van der Waals surface area contributed by atoms with E-state index in [0.717, 1.165) is 5.56 Å². The molecule has 0 atom stereocenters. The maximum Gasteiger partial charge on any atom is 0.342 e. The molecule has 0 radical (unpaired) electrons. The average molecular weight is 357 g/mol. The lowest BCUT2D eigenvalue weighted by Crippen LogP contribution is -2.24. The highest BCUT2D eigenvalue weighted by Gasteiger charge is 2.30. The zero-order chi connectivity index (χ0) is 19.3. The summed E-state index contributed by atoms with van der Waals surface area (Å²) in [6.07, 6.45) is 0. The fourth-order valence-corrected chi connectivity index (χ4v) is 2.54. The summed E-state index contributed by atoms with van der Waals surface area (Å²) in [4.78, 5) is 31.3. The van der Waals surface area contributed by atoms with Crippen molar-refractivity contribution < 1.29 is 19.1 Å². The summed E-state index contributed by atoms with van der Waals surface area (Å²) in [5.41, 5.74) is 7.47. The van der Waals surface area contributed by atoms with Crippen molar-refractivity contribution in [3.63, 3.8) is 0 Å². The Morgan fingerprint density at radius 2 is 1.54 bits per heavy atom. The molecule has 0 aliphatic carbocycles. The zero-order valence-corrected chi connectivity index (χ0v) is 15.4. The third-order valence-corrected chi connectivity index (χ3v) is 3.65. The van der Waals surface area contributed by atoms with Gasteiger partial charge in [0.2, 0.25) is 0 Å². The van der Waals surface area contributed by atoms with Gasteiger partial charge in [-0.15, -0.1) is 0 Å². The topological polar surface area (TPSA) is 94.8 Å². The lowest BCUT2D eigenvalue weighted by atomic mass is 10.0. The summed E-state index contributed by atoms with van der Waals surface area (Å²) in [7, 11) is 3.45. The van der Waals surface area contributed by atoms with Crippen molar-refractivity contribution >= 4 is 23.4 Å². The van der Waals surface area contributed by atoms with Gasteiger partial charge >= 0.3 is 11.9 Å². The molecule has 2 rings (SSSR count). The molecule has 1 aromatic carbocycles. The van der Waals surface area contributed by atoms with Gasteiger partial charge in [0.15, 0.2) is 0 Å². The SMILES string of the molecule is CCOC(=O)c1c(N(C)C)nc(-c2ccccc2)c(N)c1C(=O)OCC. The summed E-state index contributed by atoms with van der Waals surface area (Å²) in [5.74, 6) is -1.06. The maximum atomic E-state index is 12.6. The van der Waals surface area contributed by atoms with Gasteiger partial charge in [-0.05, 0) is 13.8 Å². The molecular formula is C19H23N3O4. The summed E-state index contributed by atoms with van der Waals surface area (Å²) < 4.78 is 10.2. The van der Waals surface area contributed by atoms with Crippen LogP contribution in [0.15, 0.2) is 30.3 Å². The van der Waals surface area contributed by atoms with Crippen LogP contribution >= 0.6 is 0 Å². The van der Waals surface area contributed by atoms with Crippen LogP contribution in [0.5, 0.6) is 0 Å². The molecule has 2 N–H and O–H groups in total.